The Labute approximate surface area is 142 Å². The van der Waals surface area contributed by atoms with Crippen molar-refractivity contribution in [3.63, 3.8) is 0 Å². The molecule has 0 atom stereocenters. The zero-order valence-electron chi connectivity index (χ0n) is 15.0. The fraction of sp³-hybridized carbons (Fsp3) is 0.579. The van der Waals surface area contributed by atoms with E-state index in [1.165, 1.54) is 0 Å². The maximum atomic E-state index is 12.9. The molecule has 0 radical (unpaired) electrons. The van der Waals surface area contributed by atoms with Gasteiger partial charge in [0.15, 0.2) is 0 Å². The maximum absolute atomic E-state index is 12.9. The standard InChI is InChI=1S/C19H31NO2S/c1-5-8-14-20(15-9-6-2)16-18(7-3)23(21,22)19-12-10-17(4)11-13-19/h10-13,16H,5-9,14-15H2,1-4H3/b18-16+. The highest BCUT2D eigenvalue weighted by atomic mass is 32.2. The SMILES string of the molecule is CCCCN(/C=C(\CC)S(=O)(=O)c1ccc(C)cc1)CCCC. The molecule has 0 fully saturated rings. The molecule has 0 aliphatic heterocycles. The van der Waals surface area contributed by atoms with Crippen molar-refractivity contribution in [1.29, 1.82) is 0 Å². The minimum atomic E-state index is -3.39. The van der Waals surface area contributed by atoms with Crippen molar-refractivity contribution in [3.05, 3.63) is 40.9 Å². The van der Waals surface area contributed by atoms with Gasteiger partial charge in [0.05, 0.1) is 9.80 Å². The predicted octanol–water partition coefficient (Wildman–Crippen LogP) is 4.92. The summed E-state index contributed by atoms with van der Waals surface area (Å²) in [7, 11) is -3.39. The largest absolute Gasteiger partial charge is 0.377 e. The smallest absolute Gasteiger partial charge is 0.204 e. The molecule has 0 unspecified atom stereocenters. The van der Waals surface area contributed by atoms with E-state index in [0.29, 0.717) is 16.2 Å². The molecule has 0 N–H and O–H groups in total. The second-order valence-corrected chi connectivity index (χ2v) is 8.01. The van der Waals surface area contributed by atoms with Crippen LogP contribution in [-0.4, -0.2) is 26.4 Å². The highest BCUT2D eigenvalue weighted by Crippen LogP contribution is 2.23. The number of hydrogen-bond donors (Lipinski definition) is 0. The Balaban J connectivity index is 3.07. The third-order valence-corrected chi connectivity index (χ3v) is 5.93. The third kappa shape index (κ3) is 6.02. The van der Waals surface area contributed by atoms with Gasteiger partial charge in [-0.25, -0.2) is 8.42 Å². The molecule has 130 valence electrons. The average Bonchev–Trinajstić information content (AvgIpc) is 2.54. The van der Waals surface area contributed by atoms with Gasteiger partial charge in [0.25, 0.3) is 0 Å². The second-order valence-electron chi connectivity index (χ2n) is 6.01. The van der Waals surface area contributed by atoms with Gasteiger partial charge >= 0.3 is 0 Å². The Bertz CT molecular complexity index is 580. The van der Waals surface area contributed by atoms with Crippen LogP contribution >= 0.6 is 0 Å². The lowest BCUT2D eigenvalue weighted by Crippen LogP contribution is -2.22. The summed E-state index contributed by atoms with van der Waals surface area (Å²) in [4.78, 5) is 3.08. The quantitative estimate of drug-likeness (QED) is 0.608. The zero-order valence-corrected chi connectivity index (χ0v) is 15.8. The molecule has 0 aliphatic carbocycles. The van der Waals surface area contributed by atoms with Crippen LogP contribution in [0.25, 0.3) is 0 Å². The van der Waals surface area contributed by atoms with Gasteiger partial charge in [-0.1, -0.05) is 51.3 Å². The summed E-state index contributed by atoms with van der Waals surface area (Å²) in [5.74, 6) is 0. The lowest BCUT2D eigenvalue weighted by molar-refractivity contribution is 0.358. The molecule has 1 rings (SSSR count). The van der Waals surface area contributed by atoms with Gasteiger partial charge in [-0.3, -0.25) is 0 Å². The molecule has 0 amide bonds. The molecule has 4 heteroatoms. The summed E-state index contributed by atoms with van der Waals surface area (Å²) >= 11 is 0. The van der Waals surface area contributed by atoms with Crippen LogP contribution < -0.4 is 0 Å². The molecule has 1 aromatic rings. The topological polar surface area (TPSA) is 37.4 Å². The van der Waals surface area contributed by atoms with Gasteiger partial charge in [0.2, 0.25) is 9.84 Å². The van der Waals surface area contributed by atoms with E-state index >= 15 is 0 Å². The lowest BCUT2D eigenvalue weighted by atomic mass is 10.2. The highest BCUT2D eigenvalue weighted by molar-refractivity contribution is 7.95. The summed E-state index contributed by atoms with van der Waals surface area (Å²) < 4.78 is 25.7. The lowest BCUT2D eigenvalue weighted by Gasteiger charge is -2.22. The van der Waals surface area contributed by atoms with Crippen LogP contribution in [0.4, 0.5) is 0 Å². The van der Waals surface area contributed by atoms with Crippen LogP contribution in [0.5, 0.6) is 0 Å². The van der Waals surface area contributed by atoms with Gasteiger partial charge in [-0.15, -0.1) is 0 Å². The van der Waals surface area contributed by atoms with Crippen molar-refractivity contribution in [2.75, 3.05) is 13.1 Å². The Morgan fingerprint density at radius 1 is 1.00 bits per heavy atom. The number of benzene rings is 1. The van der Waals surface area contributed by atoms with Crippen LogP contribution in [0.15, 0.2) is 40.3 Å². The van der Waals surface area contributed by atoms with Gasteiger partial charge in [-0.05, 0) is 38.3 Å². The van der Waals surface area contributed by atoms with Crippen LogP contribution in [0.2, 0.25) is 0 Å². The number of unbranched alkanes of at least 4 members (excludes halogenated alkanes) is 2. The third-order valence-electron chi connectivity index (χ3n) is 3.95. The molecule has 0 aliphatic rings. The average molecular weight is 338 g/mol. The van der Waals surface area contributed by atoms with E-state index in [4.69, 9.17) is 0 Å². The molecule has 0 heterocycles. The number of hydrogen-bond acceptors (Lipinski definition) is 3. The van der Waals surface area contributed by atoms with E-state index in [-0.39, 0.29) is 0 Å². The summed E-state index contributed by atoms with van der Waals surface area (Å²) in [6.45, 7) is 10.0. The van der Waals surface area contributed by atoms with Crippen molar-refractivity contribution in [1.82, 2.24) is 4.90 Å². The summed E-state index contributed by atoms with van der Waals surface area (Å²) in [5, 5.41) is 0. The Kier molecular flexibility index (Phi) is 8.38. The van der Waals surface area contributed by atoms with E-state index in [1.807, 2.05) is 32.2 Å². The molecule has 3 nitrogen and oxygen atoms in total. The van der Waals surface area contributed by atoms with Crippen molar-refractivity contribution in [3.8, 4) is 0 Å². The monoisotopic (exact) mass is 337 g/mol. The normalized spacial score (nSPS) is 12.4. The maximum Gasteiger partial charge on any atom is 0.204 e. The fourth-order valence-corrected chi connectivity index (χ4v) is 3.85. The van der Waals surface area contributed by atoms with Crippen LogP contribution in [0.1, 0.15) is 58.4 Å². The van der Waals surface area contributed by atoms with Crippen molar-refractivity contribution in [2.45, 2.75) is 64.7 Å². The number of allylic oxidation sites excluding steroid dienone is 1. The number of aryl methyl sites for hydroxylation is 1. The van der Waals surface area contributed by atoms with E-state index in [1.54, 1.807) is 12.1 Å². The van der Waals surface area contributed by atoms with Gasteiger partial charge in [-0.2, -0.15) is 0 Å². The Hall–Kier alpha value is -1.29. The van der Waals surface area contributed by atoms with Crippen molar-refractivity contribution < 1.29 is 8.42 Å². The van der Waals surface area contributed by atoms with E-state index < -0.39 is 9.84 Å². The summed E-state index contributed by atoms with van der Waals surface area (Å²) in [6.07, 6.45) is 6.79. The fourth-order valence-electron chi connectivity index (χ4n) is 2.39. The van der Waals surface area contributed by atoms with E-state index in [0.717, 1.165) is 44.3 Å². The van der Waals surface area contributed by atoms with E-state index in [2.05, 4.69) is 18.7 Å². The second kappa shape index (κ2) is 9.76. The molecule has 1 aromatic carbocycles. The molecule has 0 bridgehead atoms. The van der Waals surface area contributed by atoms with Gasteiger partial charge in [0, 0.05) is 19.3 Å². The first-order chi connectivity index (χ1) is 11.0. The first kappa shape index (κ1) is 19.8. The summed E-state index contributed by atoms with van der Waals surface area (Å²) in [6, 6.07) is 7.12. The molecule has 0 saturated heterocycles. The number of rotatable bonds is 10. The predicted molar refractivity (Wildman–Crippen MR) is 98.1 cm³/mol. The van der Waals surface area contributed by atoms with Crippen LogP contribution in [0, 0.1) is 6.92 Å². The molecule has 0 saturated carbocycles. The molecular weight excluding hydrogens is 306 g/mol. The first-order valence-electron chi connectivity index (χ1n) is 8.72. The van der Waals surface area contributed by atoms with Crippen molar-refractivity contribution in [2.24, 2.45) is 0 Å². The number of nitrogens with zero attached hydrogens (tertiary/aromatic N) is 1. The molecular formula is C19H31NO2S. The van der Waals surface area contributed by atoms with Gasteiger partial charge < -0.3 is 4.90 Å². The summed E-state index contributed by atoms with van der Waals surface area (Å²) in [5.41, 5.74) is 1.07. The molecule has 0 spiro atoms. The van der Waals surface area contributed by atoms with E-state index in [9.17, 15) is 8.42 Å². The van der Waals surface area contributed by atoms with Crippen molar-refractivity contribution >= 4 is 9.84 Å². The minimum Gasteiger partial charge on any atom is -0.377 e. The van der Waals surface area contributed by atoms with Crippen LogP contribution in [0.3, 0.4) is 0 Å². The first-order valence-corrected chi connectivity index (χ1v) is 10.2. The highest BCUT2D eigenvalue weighted by Gasteiger charge is 2.20. The molecule has 0 aromatic heterocycles. The number of sulfone groups is 1. The van der Waals surface area contributed by atoms with Crippen LogP contribution in [-0.2, 0) is 9.84 Å². The molecule has 23 heavy (non-hydrogen) atoms. The zero-order chi connectivity index (χ0) is 17.3. The Morgan fingerprint density at radius 3 is 1.96 bits per heavy atom. The minimum absolute atomic E-state index is 0.391. The van der Waals surface area contributed by atoms with Gasteiger partial charge in [0.1, 0.15) is 0 Å². The Morgan fingerprint density at radius 2 is 1.52 bits per heavy atom.